The maximum atomic E-state index is 10.2. The van der Waals surface area contributed by atoms with E-state index in [9.17, 15) is 16.8 Å². The fourth-order valence-electron chi connectivity index (χ4n) is 0.133. The van der Waals surface area contributed by atoms with Crippen molar-refractivity contribution in [2.45, 2.75) is 1.90 Å². The highest BCUT2D eigenvalue weighted by Crippen LogP contribution is 2.36. The second kappa shape index (κ2) is 2.92. The number of hydrogen-bond donors (Lipinski definition) is 2. The third-order valence-electron chi connectivity index (χ3n) is 0.601. The Kier molecular flexibility index (Phi) is 3.13. The van der Waals surface area contributed by atoms with Crippen LogP contribution in [0.1, 0.15) is 0 Å². The molecule has 6 nitrogen and oxygen atoms in total. The molecule has 0 rings (SSSR count). The van der Waals surface area contributed by atoms with Crippen molar-refractivity contribution < 1.29 is 25.9 Å². The Hall–Kier alpha value is 0.780. The lowest BCUT2D eigenvalue weighted by Gasteiger charge is -2.11. The first-order valence-electron chi connectivity index (χ1n) is 1.82. The fraction of sp³-hybridized carbons (Fsp3) is 1.00. The van der Waals surface area contributed by atoms with Gasteiger partial charge in [-0.3, -0.25) is 9.11 Å². The van der Waals surface area contributed by atoms with Crippen LogP contribution < -0.4 is 0 Å². The molecule has 0 aromatic heterocycles. The van der Waals surface area contributed by atoms with Crippen molar-refractivity contribution in [1.29, 1.82) is 0 Å². The van der Waals surface area contributed by atoms with Crippen LogP contribution in [0.15, 0.2) is 0 Å². The van der Waals surface area contributed by atoms with Gasteiger partial charge in [-0.15, -0.1) is 0 Å². The van der Waals surface area contributed by atoms with Gasteiger partial charge in [0.05, 0.1) is 0 Å². The van der Waals surface area contributed by atoms with Gasteiger partial charge in [-0.2, -0.15) is 16.8 Å². The predicted octanol–water partition coefficient (Wildman–Crippen LogP) is 0.163. The number of hydrogen-bond acceptors (Lipinski definition) is 4. The van der Waals surface area contributed by atoms with Crippen LogP contribution in [0.3, 0.4) is 0 Å². The van der Waals surface area contributed by atoms with E-state index < -0.39 is 22.1 Å². The van der Waals surface area contributed by atoms with Gasteiger partial charge >= 0.3 is 22.1 Å². The molecule has 0 saturated carbocycles. The molecule has 0 saturated heterocycles. The van der Waals surface area contributed by atoms with E-state index in [0.717, 1.165) is 0 Å². The average molecular weight is 334 g/mol. The summed E-state index contributed by atoms with van der Waals surface area (Å²) in [6.45, 7) is 0. The van der Waals surface area contributed by atoms with Crippen LogP contribution in [-0.4, -0.2) is 27.8 Å². The predicted molar refractivity (Wildman–Crippen MR) is 43.7 cm³/mol. The van der Waals surface area contributed by atoms with E-state index >= 15 is 0 Å². The normalized spacial score (nSPS) is 14.9. The maximum Gasteiger partial charge on any atom is 0.329 e. The molecule has 0 unspecified atom stereocenters. The minimum atomic E-state index is -4.96. The highest BCUT2D eigenvalue weighted by molar-refractivity contribution is 9.30. The Morgan fingerprint density at radius 3 is 1.09 bits per heavy atom. The molecule has 0 aromatic carbocycles. The van der Waals surface area contributed by atoms with E-state index in [1.165, 1.54) is 0 Å². The van der Waals surface area contributed by atoms with Gasteiger partial charge in [0.25, 0.3) is 0 Å². The first-order chi connectivity index (χ1) is 4.50. The Labute approximate surface area is 79.7 Å². The minimum absolute atomic E-state index is 2.06. The molecule has 68 valence electrons. The molecule has 0 aliphatic rings. The lowest BCUT2D eigenvalue weighted by Crippen LogP contribution is -2.33. The summed E-state index contributed by atoms with van der Waals surface area (Å²) in [5.74, 6) is 0. The van der Waals surface area contributed by atoms with Crippen LogP contribution in [0.5, 0.6) is 0 Å². The molecule has 2 N–H and O–H groups in total. The average Bonchev–Trinajstić information content (AvgIpc) is 1.58. The number of halogens is 2. The lowest BCUT2D eigenvalue weighted by atomic mass is 11.9. The lowest BCUT2D eigenvalue weighted by molar-refractivity contribution is 0.466. The molecule has 0 aliphatic carbocycles. The van der Waals surface area contributed by atoms with Crippen molar-refractivity contribution in [1.82, 2.24) is 0 Å². The third kappa shape index (κ3) is 2.36. The summed E-state index contributed by atoms with van der Waals surface area (Å²) >= 11 is 4.13. The molecule has 0 heterocycles. The second-order valence-electron chi connectivity index (χ2n) is 1.41. The Balaban J connectivity index is 5.45. The number of alkyl halides is 2. The minimum Gasteiger partial charge on any atom is -0.283 e. The largest absolute Gasteiger partial charge is 0.329 e. The van der Waals surface area contributed by atoms with Gasteiger partial charge in [-0.05, 0) is 31.9 Å². The summed E-state index contributed by atoms with van der Waals surface area (Å²) in [4.78, 5) is 0. The molecule has 0 fully saturated rings. The molecule has 0 aliphatic heterocycles. The molecule has 10 heteroatoms. The summed E-state index contributed by atoms with van der Waals surface area (Å²) in [6.07, 6.45) is 0. The van der Waals surface area contributed by atoms with Gasteiger partial charge in [0.2, 0.25) is 0 Å². The highest BCUT2D eigenvalue weighted by atomic mass is 79.9. The molecule has 0 amide bonds. The van der Waals surface area contributed by atoms with Gasteiger partial charge in [-0.1, -0.05) is 0 Å². The van der Waals surface area contributed by atoms with Crippen LogP contribution in [-0.2, 0) is 20.2 Å². The van der Waals surface area contributed by atoms with Gasteiger partial charge in [0.1, 0.15) is 0 Å². The van der Waals surface area contributed by atoms with Crippen molar-refractivity contribution in [3.8, 4) is 0 Å². The van der Waals surface area contributed by atoms with Crippen LogP contribution in [0, 0.1) is 0 Å². The van der Waals surface area contributed by atoms with Crippen molar-refractivity contribution in [2.24, 2.45) is 0 Å². The van der Waals surface area contributed by atoms with Gasteiger partial charge in [0, 0.05) is 0 Å². The number of rotatable bonds is 2. The quantitative estimate of drug-likeness (QED) is 0.550. The smallest absolute Gasteiger partial charge is 0.283 e. The molecular weight excluding hydrogens is 332 g/mol. The maximum absolute atomic E-state index is 10.2. The zero-order valence-electron chi connectivity index (χ0n) is 4.60. The molecule has 11 heavy (non-hydrogen) atoms. The summed E-state index contributed by atoms with van der Waals surface area (Å²) in [5, 5.41) is 0. The topological polar surface area (TPSA) is 109 Å². The van der Waals surface area contributed by atoms with E-state index in [0.29, 0.717) is 0 Å². The molecule has 0 radical (unpaired) electrons. The van der Waals surface area contributed by atoms with Gasteiger partial charge in [-0.25, -0.2) is 0 Å². The third-order valence-corrected chi connectivity index (χ3v) is 7.97. The molecule has 0 bridgehead atoms. The molecule has 0 spiro atoms. The van der Waals surface area contributed by atoms with Crippen LogP contribution in [0.4, 0.5) is 0 Å². The standard InChI is InChI=1S/CH2Br2O6S2/c2-1(3,10(4,5)6)11(7,8)9/h(H,4,5,6)(H,7,8,9). The van der Waals surface area contributed by atoms with E-state index in [4.69, 9.17) is 9.11 Å². The highest BCUT2D eigenvalue weighted by Gasteiger charge is 2.50. The molecular formula is CH2Br2O6S2. The van der Waals surface area contributed by atoms with Crippen molar-refractivity contribution >= 4 is 52.1 Å². The van der Waals surface area contributed by atoms with Crippen LogP contribution in [0.25, 0.3) is 0 Å². The SMILES string of the molecule is O=S(=O)(O)C(Br)(Br)S(=O)(=O)O. The van der Waals surface area contributed by atoms with Crippen molar-refractivity contribution in [3.05, 3.63) is 0 Å². The Morgan fingerprint density at radius 1 is 0.909 bits per heavy atom. The first kappa shape index (κ1) is 11.8. The fourth-order valence-corrected chi connectivity index (χ4v) is 1.20. The monoisotopic (exact) mass is 332 g/mol. The zero-order valence-corrected chi connectivity index (χ0v) is 9.40. The van der Waals surface area contributed by atoms with Crippen LogP contribution >= 0.6 is 31.9 Å². The van der Waals surface area contributed by atoms with Crippen molar-refractivity contribution in [3.63, 3.8) is 0 Å². The first-order valence-corrected chi connectivity index (χ1v) is 6.28. The molecule has 0 aromatic rings. The van der Waals surface area contributed by atoms with E-state index in [2.05, 4.69) is 31.9 Å². The van der Waals surface area contributed by atoms with E-state index in [1.54, 1.807) is 0 Å². The summed E-state index contributed by atoms with van der Waals surface area (Å²) in [6, 6.07) is 0. The summed E-state index contributed by atoms with van der Waals surface area (Å²) < 4.78 is 54.4. The Bertz CT molecular complexity index is 301. The Morgan fingerprint density at radius 2 is 1.09 bits per heavy atom. The van der Waals surface area contributed by atoms with Gasteiger partial charge in [0.15, 0.2) is 0 Å². The summed E-state index contributed by atoms with van der Waals surface area (Å²) in [5.41, 5.74) is 0. The zero-order chi connectivity index (χ0) is 9.50. The van der Waals surface area contributed by atoms with Crippen LogP contribution in [0.2, 0.25) is 0 Å². The second-order valence-corrected chi connectivity index (χ2v) is 10.3. The van der Waals surface area contributed by atoms with E-state index in [-0.39, 0.29) is 0 Å². The van der Waals surface area contributed by atoms with E-state index in [1.807, 2.05) is 0 Å². The summed E-state index contributed by atoms with van der Waals surface area (Å²) in [7, 11) is -9.93. The van der Waals surface area contributed by atoms with Crippen molar-refractivity contribution in [2.75, 3.05) is 0 Å². The molecule has 0 atom stereocenters. The van der Waals surface area contributed by atoms with Gasteiger partial charge < -0.3 is 0 Å².